The Bertz CT molecular complexity index is 4160. The fourth-order valence-electron chi connectivity index (χ4n) is 15.6. The summed E-state index contributed by atoms with van der Waals surface area (Å²) < 4.78 is 61.2. The summed E-state index contributed by atoms with van der Waals surface area (Å²) in [4.78, 5) is 0. The van der Waals surface area contributed by atoms with E-state index in [2.05, 4.69) is 295 Å². The van der Waals surface area contributed by atoms with Crippen molar-refractivity contribution in [3.05, 3.63) is 378 Å². The van der Waals surface area contributed by atoms with Gasteiger partial charge in [-0.05, 0) is 126 Å². The first-order valence-electron chi connectivity index (χ1n) is 35.6. The standard InChI is InChI=1S/C92H80O8/c1-57-25-37-65(38-26-57)89-93-81-53-83-75-49-73(81)69(45-33-61-17-9-5-10-18-61)74-50-76-71(47-35-63-21-13-7-14-22-63)78-52-80-72(48-36-64-23-15-8-16-24-64)79-51-77(70(75)46-34-62-19-11-6-12-20-62)85(97-90(95-83)66-39-27-58(2)28-40-66)55-87(79)99-92(68-43-31-60(4)32-44-68)100-88(80)56-86(78)98-91(67-41-29-59(3)30-42-67)96-84(76)54-82(74)94-89/h5-32,37-44,49-56,69-72,89-92H,33-36,45-48H2,1-4H3. The van der Waals surface area contributed by atoms with Crippen molar-refractivity contribution in [2.75, 3.05) is 0 Å². The van der Waals surface area contributed by atoms with Gasteiger partial charge in [-0.1, -0.05) is 241 Å². The molecule has 8 bridgehead atoms. The molecular weight excluding hydrogens is 1230 g/mol. The van der Waals surface area contributed by atoms with Gasteiger partial charge in [0.25, 0.3) is 25.2 Å². The first-order chi connectivity index (χ1) is 49.1. The summed E-state index contributed by atoms with van der Waals surface area (Å²) in [5, 5.41) is 0. The van der Waals surface area contributed by atoms with Crippen LogP contribution in [0.3, 0.4) is 0 Å². The summed E-state index contributed by atoms with van der Waals surface area (Å²) >= 11 is 0. The largest absolute Gasteiger partial charge is 0.450 e. The van der Waals surface area contributed by atoms with Gasteiger partial charge in [-0.25, -0.2) is 0 Å². The van der Waals surface area contributed by atoms with Crippen molar-refractivity contribution >= 4 is 0 Å². The van der Waals surface area contributed by atoms with Crippen molar-refractivity contribution in [1.29, 1.82) is 0 Å². The van der Waals surface area contributed by atoms with Crippen LogP contribution in [0.1, 0.15) is 186 Å². The molecule has 17 rings (SSSR count). The number of rotatable bonds is 16. The van der Waals surface area contributed by atoms with Crippen LogP contribution in [0.5, 0.6) is 46.0 Å². The minimum absolute atomic E-state index is 0.287. The van der Waals surface area contributed by atoms with Gasteiger partial charge >= 0.3 is 0 Å². The van der Waals surface area contributed by atoms with Crippen LogP contribution in [0.25, 0.3) is 0 Å². The van der Waals surface area contributed by atoms with Crippen molar-refractivity contribution in [3.63, 3.8) is 0 Å². The van der Waals surface area contributed by atoms with E-state index in [9.17, 15) is 0 Å². The predicted molar refractivity (Wildman–Crippen MR) is 393 cm³/mol. The molecule has 0 spiro atoms. The maximum Gasteiger partial charge on any atom is 0.267 e. The summed E-state index contributed by atoms with van der Waals surface area (Å²) in [5.74, 6) is 4.24. The third-order valence-corrected chi connectivity index (χ3v) is 21.1. The van der Waals surface area contributed by atoms with Gasteiger partial charge in [-0.2, -0.15) is 0 Å². The molecule has 4 heterocycles. The summed E-state index contributed by atoms with van der Waals surface area (Å²) in [7, 11) is 0. The number of hydrogen-bond donors (Lipinski definition) is 0. The quantitative estimate of drug-likeness (QED) is 0.0947. The highest BCUT2D eigenvalue weighted by atomic mass is 16.7. The third-order valence-electron chi connectivity index (χ3n) is 21.1. The Labute approximate surface area is 586 Å². The van der Waals surface area contributed by atoms with Crippen LogP contribution < -0.4 is 37.9 Å². The highest BCUT2D eigenvalue weighted by Crippen LogP contribution is 2.58. The molecule has 0 aromatic heterocycles. The summed E-state index contributed by atoms with van der Waals surface area (Å²) in [5.41, 5.74) is 21.3. The third kappa shape index (κ3) is 12.7. The zero-order chi connectivity index (χ0) is 67.2. The summed E-state index contributed by atoms with van der Waals surface area (Å²) in [6, 6.07) is 95.9. The van der Waals surface area contributed by atoms with Crippen molar-refractivity contribution in [2.45, 2.75) is 128 Å². The first-order valence-corrected chi connectivity index (χ1v) is 35.6. The molecule has 496 valence electrons. The Balaban J connectivity index is 1.01. The summed E-state index contributed by atoms with van der Waals surface area (Å²) in [6.07, 6.45) is 2.33. The molecule has 12 aromatic rings. The topological polar surface area (TPSA) is 73.8 Å². The monoisotopic (exact) mass is 1310 g/mol. The second-order valence-corrected chi connectivity index (χ2v) is 27.9. The molecule has 8 heteroatoms. The maximum absolute atomic E-state index is 7.64. The van der Waals surface area contributed by atoms with Crippen LogP contribution in [-0.4, -0.2) is 0 Å². The van der Waals surface area contributed by atoms with Crippen molar-refractivity contribution in [3.8, 4) is 46.0 Å². The molecule has 0 fully saturated rings. The lowest BCUT2D eigenvalue weighted by Gasteiger charge is -2.38. The molecule has 0 saturated carbocycles. The molecule has 100 heavy (non-hydrogen) atoms. The second-order valence-electron chi connectivity index (χ2n) is 27.9. The molecule has 4 aliphatic heterocycles. The normalized spacial score (nSPS) is 19.6. The van der Waals surface area contributed by atoms with Crippen LogP contribution >= 0.6 is 0 Å². The minimum Gasteiger partial charge on any atom is -0.450 e. The zero-order valence-corrected chi connectivity index (χ0v) is 56.9. The molecule has 0 atom stereocenters. The molecule has 0 amide bonds. The average molecular weight is 1310 g/mol. The van der Waals surface area contributed by atoms with E-state index in [1.165, 1.54) is 22.3 Å². The maximum atomic E-state index is 7.64. The van der Waals surface area contributed by atoms with Gasteiger partial charge in [0, 0.05) is 115 Å². The van der Waals surface area contributed by atoms with Gasteiger partial charge in [-0.15, -0.1) is 0 Å². The minimum atomic E-state index is -0.904. The van der Waals surface area contributed by atoms with Crippen molar-refractivity contribution in [1.82, 2.24) is 0 Å². The number of aryl methyl sites for hydroxylation is 8. The highest BCUT2D eigenvalue weighted by Gasteiger charge is 2.41. The van der Waals surface area contributed by atoms with Gasteiger partial charge in [0.05, 0.1) is 0 Å². The Morgan fingerprint density at radius 3 is 0.540 bits per heavy atom. The molecule has 0 N–H and O–H groups in total. The van der Waals surface area contributed by atoms with E-state index >= 15 is 0 Å². The Morgan fingerprint density at radius 1 is 0.200 bits per heavy atom. The molecule has 12 aromatic carbocycles. The molecule has 0 unspecified atom stereocenters. The van der Waals surface area contributed by atoms with Crippen LogP contribution in [0, 0.1) is 27.7 Å². The SMILES string of the molecule is Cc1ccc(C2Oc3cc4c5cc3C(CCc3ccccc3)c3cc6c(cc3O2)OC(c2ccc(C)cc2)Oc2cc3c(cc2C6CCc2ccccc2)C(CCc2ccccc2)c2cc(c(cc2OC(c2ccc(C)cc2)O3)OC(c2ccc(C)cc2)O4)C5CCc2ccccc2)cc1. The molecule has 5 aliphatic rings. The van der Waals surface area contributed by atoms with Crippen LogP contribution in [0.4, 0.5) is 0 Å². The molecule has 0 radical (unpaired) electrons. The zero-order valence-electron chi connectivity index (χ0n) is 56.9. The molecule has 8 nitrogen and oxygen atoms in total. The fraction of sp³-hybridized carbons (Fsp3) is 0.217. The van der Waals surface area contributed by atoms with E-state index in [4.69, 9.17) is 37.9 Å². The van der Waals surface area contributed by atoms with Crippen molar-refractivity contribution in [2.24, 2.45) is 0 Å². The van der Waals surface area contributed by atoms with Gasteiger partial charge in [-0.3, -0.25) is 0 Å². The van der Waals surface area contributed by atoms with E-state index in [-0.39, 0.29) is 23.7 Å². The first kappa shape index (κ1) is 62.6. The molecule has 0 saturated heterocycles. The lowest BCUT2D eigenvalue weighted by atomic mass is 9.75. The van der Waals surface area contributed by atoms with Gasteiger partial charge in [0.2, 0.25) is 0 Å². The molecule has 1 aliphatic carbocycles. The second kappa shape index (κ2) is 27.0. The predicted octanol–water partition coefficient (Wildman–Crippen LogP) is 22.2. The van der Waals surface area contributed by atoms with Gasteiger partial charge in [0.15, 0.2) is 0 Å². The van der Waals surface area contributed by atoms with E-state index < -0.39 is 25.2 Å². The van der Waals surface area contributed by atoms with Crippen LogP contribution in [0.2, 0.25) is 0 Å². The van der Waals surface area contributed by atoms with Crippen LogP contribution in [-0.2, 0) is 25.7 Å². The van der Waals surface area contributed by atoms with E-state index in [0.29, 0.717) is 71.7 Å². The van der Waals surface area contributed by atoms with Crippen molar-refractivity contribution < 1.29 is 37.9 Å². The van der Waals surface area contributed by atoms with E-state index in [0.717, 1.165) is 115 Å². The lowest BCUT2D eigenvalue weighted by Crippen LogP contribution is -2.26. The number of ether oxygens (including phenoxy) is 8. The Hall–Kier alpha value is -11.0. The van der Waals surface area contributed by atoms with E-state index in [1.807, 2.05) is 0 Å². The highest BCUT2D eigenvalue weighted by molar-refractivity contribution is 5.65. The fourth-order valence-corrected chi connectivity index (χ4v) is 15.6. The average Bonchev–Trinajstić information content (AvgIpc) is 0.733. The van der Waals surface area contributed by atoms with E-state index in [1.54, 1.807) is 0 Å². The Morgan fingerprint density at radius 2 is 0.370 bits per heavy atom. The van der Waals surface area contributed by atoms with Gasteiger partial charge < -0.3 is 37.9 Å². The number of benzene rings is 12. The number of hydrogen-bond acceptors (Lipinski definition) is 8. The van der Waals surface area contributed by atoms with Gasteiger partial charge in [0.1, 0.15) is 46.0 Å². The van der Waals surface area contributed by atoms with Crippen LogP contribution in [0.15, 0.2) is 267 Å². The Kier molecular flexibility index (Phi) is 16.9. The molecular formula is C92H80O8. The smallest absolute Gasteiger partial charge is 0.267 e. The summed E-state index contributed by atoms with van der Waals surface area (Å²) in [6.45, 7) is 8.44. The lowest BCUT2D eigenvalue weighted by molar-refractivity contribution is -0.0120.